The smallest absolute Gasteiger partial charge is 0.357 e. The number of nitrogens with zero attached hydrogens (tertiary/aromatic N) is 2. The highest BCUT2D eigenvalue weighted by Crippen LogP contribution is 2.30. The van der Waals surface area contributed by atoms with Crippen LogP contribution in [0.15, 0.2) is 4.99 Å². The van der Waals surface area contributed by atoms with Crippen LogP contribution in [-0.2, 0) is 10.0 Å². The van der Waals surface area contributed by atoms with E-state index >= 15 is 0 Å². The number of rotatable bonds is 7. The Morgan fingerprint density at radius 3 is 2.27 bits per heavy atom. The monoisotopic (exact) mass is 418 g/mol. The van der Waals surface area contributed by atoms with Crippen LogP contribution in [0.1, 0.15) is 33.6 Å². The molecule has 0 aromatic heterocycles. The molecule has 1 aliphatic rings. The molecule has 154 valence electrons. The van der Waals surface area contributed by atoms with E-state index in [9.17, 15) is 21.6 Å². The number of alkyl halides is 3. The van der Waals surface area contributed by atoms with Gasteiger partial charge in [0, 0.05) is 30.9 Å². The first kappa shape index (κ1) is 23.4. The maximum absolute atomic E-state index is 12.6. The minimum atomic E-state index is -5.23. The minimum absolute atomic E-state index is 0.0135. The average molecular weight is 419 g/mol. The first-order valence-electron chi connectivity index (χ1n) is 8.56. The lowest BCUT2D eigenvalue weighted by Crippen LogP contribution is -2.47. The van der Waals surface area contributed by atoms with Crippen LogP contribution in [0.3, 0.4) is 0 Å². The van der Waals surface area contributed by atoms with E-state index in [4.69, 9.17) is 0 Å². The van der Waals surface area contributed by atoms with Gasteiger partial charge in [0.1, 0.15) is 0 Å². The molecule has 0 saturated carbocycles. The third-order valence-electron chi connectivity index (χ3n) is 4.28. The SMILES string of the molecule is CCNC(=NCC(C)(C)SC)NCC1CCN(S(=O)(=O)C(F)(F)F)CC1. The summed E-state index contributed by atoms with van der Waals surface area (Å²) >= 11 is 1.72. The van der Waals surface area contributed by atoms with Crippen LogP contribution in [0.2, 0.25) is 0 Å². The summed E-state index contributed by atoms with van der Waals surface area (Å²) in [4.78, 5) is 4.55. The molecule has 26 heavy (non-hydrogen) atoms. The molecule has 0 aromatic carbocycles. The number of piperidine rings is 1. The van der Waals surface area contributed by atoms with Crippen LogP contribution in [-0.4, -0.2) is 67.9 Å². The van der Waals surface area contributed by atoms with Crippen molar-refractivity contribution in [3.05, 3.63) is 0 Å². The second-order valence-electron chi connectivity index (χ2n) is 6.83. The van der Waals surface area contributed by atoms with E-state index in [1.54, 1.807) is 11.8 Å². The summed E-state index contributed by atoms with van der Waals surface area (Å²) in [6, 6.07) is 0. The van der Waals surface area contributed by atoms with Gasteiger partial charge in [-0.3, -0.25) is 4.99 Å². The lowest BCUT2D eigenvalue weighted by molar-refractivity contribution is -0.0496. The average Bonchev–Trinajstić information content (AvgIpc) is 2.57. The summed E-state index contributed by atoms with van der Waals surface area (Å²) in [5.74, 6) is 0.770. The maximum atomic E-state index is 12.6. The highest BCUT2D eigenvalue weighted by Gasteiger charge is 2.50. The number of sulfonamides is 1. The van der Waals surface area contributed by atoms with Crippen molar-refractivity contribution in [2.24, 2.45) is 10.9 Å². The van der Waals surface area contributed by atoms with Crippen LogP contribution in [0.25, 0.3) is 0 Å². The summed E-state index contributed by atoms with van der Waals surface area (Å²) in [5.41, 5.74) is -5.23. The summed E-state index contributed by atoms with van der Waals surface area (Å²) in [7, 11) is -5.22. The van der Waals surface area contributed by atoms with Gasteiger partial charge in [-0.15, -0.1) is 0 Å². The molecular weight excluding hydrogens is 389 g/mol. The number of hydrogen-bond donors (Lipinski definition) is 2. The Bertz CT molecular complexity index is 572. The number of hydrogen-bond acceptors (Lipinski definition) is 4. The molecule has 0 atom stereocenters. The molecule has 0 bridgehead atoms. The van der Waals surface area contributed by atoms with E-state index in [2.05, 4.69) is 29.5 Å². The second-order valence-corrected chi connectivity index (χ2v) is 10.3. The lowest BCUT2D eigenvalue weighted by atomic mass is 9.98. The first-order chi connectivity index (χ1) is 11.9. The third kappa shape index (κ3) is 6.80. The normalized spacial score (nSPS) is 18.8. The fourth-order valence-corrected chi connectivity index (χ4v) is 3.59. The molecule has 1 fully saturated rings. The molecule has 1 heterocycles. The first-order valence-corrected chi connectivity index (χ1v) is 11.2. The number of thioether (sulfide) groups is 1. The molecule has 0 aliphatic carbocycles. The number of guanidine groups is 1. The highest BCUT2D eigenvalue weighted by molar-refractivity contribution is 7.99. The molecule has 0 unspecified atom stereocenters. The minimum Gasteiger partial charge on any atom is -0.357 e. The van der Waals surface area contributed by atoms with Gasteiger partial charge in [0.15, 0.2) is 5.96 Å². The molecule has 0 amide bonds. The molecule has 1 rings (SSSR count). The summed E-state index contributed by atoms with van der Waals surface area (Å²) < 4.78 is 61.2. The van der Waals surface area contributed by atoms with Gasteiger partial charge in [0.25, 0.3) is 0 Å². The van der Waals surface area contributed by atoms with Crippen molar-refractivity contribution in [1.29, 1.82) is 0 Å². The van der Waals surface area contributed by atoms with Crippen LogP contribution in [0.4, 0.5) is 13.2 Å². The van der Waals surface area contributed by atoms with Crippen LogP contribution < -0.4 is 10.6 Å². The molecular formula is C15H29F3N4O2S2. The quantitative estimate of drug-likeness (QED) is 0.490. The topological polar surface area (TPSA) is 73.8 Å². The summed E-state index contributed by atoms with van der Waals surface area (Å²) in [6.07, 6.45) is 2.80. The Balaban J connectivity index is 2.54. The van der Waals surface area contributed by atoms with Crippen molar-refractivity contribution in [3.8, 4) is 0 Å². The maximum Gasteiger partial charge on any atom is 0.511 e. The van der Waals surface area contributed by atoms with Crippen LogP contribution in [0.5, 0.6) is 0 Å². The van der Waals surface area contributed by atoms with Gasteiger partial charge in [-0.25, -0.2) is 8.42 Å². The van der Waals surface area contributed by atoms with E-state index < -0.39 is 15.5 Å². The zero-order valence-corrected chi connectivity index (χ0v) is 17.3. The Hall–Kier alpha value is -0.680. The Morgan fingerprint density at radius 1 is 1.23 bits per heavy atom. The largest absolute Gasteiger partial charge is 0.511 e. The van der Waals surface area contributed by atoms with E-state index in [0.29, 0.717) is 42.7 Å². The molecule has 0 radical (unpaired) electrons. The zero-order valence-electron chi connectivity index (χ0n) is 15.7. The van der Waals surface area contributed by atoms with E-state index in [-0.39, 0.29) is 23.8 Å². The number of nitrogens with one attached hydrogen (secondary N) is 2. The van der Waals surface area contributed by atoms with Gasteiger partial charge in [-0.2, -0.15) is 29.2 Å². The van der Waals surface area contributed by atoms with Crippen molar-refractivity contribution in [2.45, 2.75) is 43.9 Å². The number of aliphatic imine (C=N–C) groups is 1. The Kier molecular flexibility index (Phi) is 8.53. The Morgan fingerprint density at radius 2 is 1.81 bits per heavy atom. The number of halogens is 3. The lowest BCUT2D eigenvalue weighted by Gasteiger charge is -2.31. The van der Waals surface area contributed by atoms with Crippen LogP contribution >= 0.6 is 11.8 Å². The molecule has 11 heteroatoms. The summed E-state index contributed by atoms with van der Waals surface area (Å²) in [6.45, 7) is 7.81. The van der Waals surface area contributed by atoms with E-state index in [1.165, 1.54) is 0 Å². The zero-order chi connectivity index (χ0) is 20.0. The predicted molar refractivity (Wildman–Crippen MR) is 101 cm³/mol. The van der Waals surface area contributed by atoms with Gasteiger partial charge < -0.3 is 10.6 Å². The molecule has 6 nitrogen and oxygen atoms in total. The fraction of sp³-hybridized carbons (Fsp3) is 0.933. The highest BCUT2D eigenvalue weighted by atomic mass is 32.2. The third-order valence-corrected chi connectivity index (χ3v) is 7.14. The van der Waals surface area contributed by atoms with Crippen molar-refractivity contribution >= 4 is 27.7 Å². The van der Waals surface area contributed by atoms with Crippen molar-refractivity contribution in [2.75, 3.05) is 39.0 Å². The second kappa shape index (κ2) is 9.50. The standard InChI is InChI=1S/C15H29F3N4O2S2/c1-5-19-13(21-11-14(2,3)25-4)20-10-12-6-8-22(9-7-12)26(23,24)15(16,17)18/h12H,5-11H2,1-4H3,(H2,19,20,21). The van der Waals surface area contributed by atoms with Crippen molar-refractivity contribution < 1.29 is 21.6 Å². The molecule has 0 aromatic rings. The molecule has 2 N–H and O–H groups in total. The Labute approximate surface area is 158 Å². The van der Waals surface area contributed by atoms with E-state index in [0.717, 1.165) is 0 Å². The van der Waals surface area contributed by atoms with Crippen molar-refractivity contribution in [1.82, 2.24) is 14.9 Å². The molecule has 1 aliphatic heterocycles. The molecule has 1 saturated heterocycles. The van der Waals surface area contributed by atoms with E-state index in [1.807, 2.05) is 13.2 Å². The molecule has 0 spiro atoms. The fourth-order valence-electron chi connectivity index (χ4n) is 2.42. The van der Waals surface area contributed by atoms with Gasteiger partial charge in [0.2, 0.25) is 0 Å². The van der Waals surface area contributed by atoms with Gasteiger partial charge in [0.05, 0.1) is 6.54 Å². The van der Waals surface area contributed by atoms with Crippen molar-refractivity contribution in [3.63, 3.8) is 0 Å². The van der Waals surface area contributed by atoms with Crippen LogP contribution in [0, 0.1) is 5.92 Å². The van der Waals surface area contributed by atoms with Gasteiger partial charge in [-0.1, -0.05) is 0 Å². The predicted octanol–water partition coefficient (Wildman–Crippen LogP) is 2.24. The van der Waals surface area contributed by atoms with Gasteiger partial charge >= 0.3 is 15.5 Å². The summed E-state index contributed by atoms with van der Waals surface area (Å²) in [5, 5.41) is 6.36. The van der Waals surface area contributed by atoms with Gasteiger partial charge in [-0.05, 0) is 45.8 Å².